The predicted octanol–water partition coefficient (Wildman–Crippen LogP) is 3.67. The number of unbranched alkanes of at least 4 members (excludes halogenated alkanes) is 1. The summed E-state index contributed by atoms with van der Waals surface area (Å²) in [5.41, 5.74) is -2.70. The van der Waals surface area contributed by atoms with Gasteiger partial charge in [-0.15, -0.1) is 0 Å². The van der Waals surface area contributed by atoms with E-state index < -0.39 is 11.8 Å². The van der Waals surface area contributed by atoms with Gasteiger partial charge in [-0.3, -0.25) is 4.57 Å². The zero-order valence-electron chi connectivity index (χ0n) is 13.7. The Kier molecular flexibility index (Phi) is 11.9. The highest BCUT2D eigenvalue weighted by Crippen LogP contribution is 2.66. The molecule has 10 heteroatoms. The predicted molar refractivity (Wildman–Crippen MR) is 95.7 cm³/mol. The van der Waals surface area contributed by atoms with Crippen LogP contribution in [0.1, 0.15) is 33.6 Å². The lowest BCUT2D eigenvalue weighted by Crippen LogP contribution is -2.24. The van der Waals surface area contributed by atoms with Crippen LogP contribution in [0.25, 0.3) is 0 Å². The van der Waals surface area contributed by atoms with E-state index in [0.29, 0.717) is 0 Å². The number of oxime groups is 1. The molecule has 7 nitrogen and oxygen atoms in total. The van der Waals surface area contributed by atoms with Gasteiger partial charge in [-0.1, -0.05) is 41.3 Å². The van der Waals surface area contributed by atoms with Gasteiger partial charge in [0, 0.05) is 18.8 Å². The van der Waals surface area contributed by atoms with Gasteiger partial charge in [0.2, 0.25) is 5.90 Å². The van der Waals surface area contributed by atoms with Crippen molar-refractivity contribution in [1.82, 2.24) is 10.4 Å². The van der Waals surface area contributed by atoms with Crippen LogP contribution in [0.3, 0.4) is 0 Å². The third-order valence-corrected chi connectivity index (χ3v) is 10.0. The van der Waals surface area contributed by atoms with Gasteiger partial charge in [-0.25, -0.2) is 9.88 Å². The average molecular weight is 371 g/mol. The van der Waals surface area contributed by atoms with Gasteiger partial charge in [0.05, 0.1) is 5.75 Å². The Morgan fingerprint density at radius 1 is 1.36 bits per heavy atom. The summed E-state index contributed by atoms with van der Waals surface area (Å²) in [6.45, 7) is 5.98. The molecule has 0 aromatic carbocycles. The number of hydrogen-bond donors (Lipinski definition) is 2. The van der Waals surface area contributed by atoms with Crippen LogP contribution in [-0.2, 0) is 14.1 Å². The van der Waals surface area contributed by atoms with Crippen LogP contribution < -0.4 is 10.4 Å². The number of carbonyl (C=O) groups excluding carboxylic acids is 1. The van der Waals surface area contributed by atoms with Crippen LogP contribution in [0.5, 0.6) is 0 Å². The Balaban J connectivity index is 4.71. The van der Waals surface area contributed by atoms with Gasteiger partial charge in [-0.05, 0) is 20.3 Å². The lowest BCUT2D eigenvalue weighted by molar-refractivity contribution is 0.180. The topological polar surface area (TPSA) is 89.0 Å². The van der Waals surface area contributed by atoms with Gasteiger partial charge >= 0.3 is 6.09 Å². The van der Waals surface area contributed by atoms with E-state index in [9.17, 15) is 9.36 Å². The fourth-order valence-electron chi connectivity index (χ4n) is 1.23. The second kappa shape index (κ2) is 12.1. The van der Waals surface area contributed by atoms with Crippen molar-refractivity contribution in [2.24, 2.45) is 5.16 Å². The second-order valence-electron chi connectivity index (χ2n) is 4.55. The fraction of sp³-hybridized carbons (Fsp3) is 0.833. The van der Waals surface area contributed by atoms with Crippen LogP contribution in [0, 0.1) is 0 Å². The lowest BCUT2D eigenvalue weighted by atomic mass is 10.4. The molecule has 2 N–H and O–H groups in total. The van der Waals surface area contributed by atoms with Crippen LogP contribution in [0.2, 0.25) is 0 Å². The lowest BCUT2D eigenvalue weighted by Gasteiger charge is -2.20. The first-order valence-corrected chi connectivity index (χ1v) is 11.9. The highest BCUT2D eigenvalue weighted by molar-refractivity contribution is 8.90. The first-order valence-electron chi connectivity index (χ1n) is 7.03. The van der Waals surface area contributed by atoms with Gasteiger partial charge < -0.3 is 14.9 Å². The maximum Gasteiger partial charge on any atom is 0.413 e. The Morgan fingerprint density at radius 2 is 2.05 bits per heavy atom. The number of nitrogens with zero attached hydrogens (tertiary/aromatic N) is 1. The van der Waals surface area contributed by atoms with E-state index in [0.717, 1.165) is 18.6 Å². The second-order valence-corrected chi connectivity index (χ2v) is 12.3. The van der Waals surface area contributed by atoms with Gasteiger partial charge in [-0.2, -0.15) is 0 Å². The number of rotatable bonds is 10. The number of ether oxygens (including phenoxy) is 1. The average Bonchev–Trinajstić information content (AvgIpc) is 2.44. The summed E-state index contributed by atoms with van der Waals surface area (Å²) in [7, 11) is 2.81. The van der Waals surface area contributed by atoms with Gasteiger partial charge in [0.15, 0.2) is 0 Å². The molecule has 22 heavy (non-hydrogen) atoms. The molecule has 0 aromatic rings. The monoisotopic (exact) mass is 371 g/mol. The molecule has 0 heterocycles. The van der Waals surface area contributed by atoms with E-state index in [-0.39, 0.29) is 17.7 Å². The molecule has 0 bridgehead atoms. The highest BCUT2D eigenvalue weighted by atomic mass is 33.1. The minimum Gasteiger partial charge on any atom is -0.396 e. The van der Waals surface area contributed by atoms with Crippen molar-refractivity contribution in [3.05, 3.63) is 0 Å². The molecule has 0 rings (SSSR count). The summed E-state index contributed by atoms with van der Waals surface area (Å²) >= 11 is 2.61. The molecule has 0 fully saturated rings. The molecule has 0 aliphatic heterocycles. The molecular formula is C12H26N3O4PS2. The Labute approximate surface area is 140 Å². The van der Waals surface area contributed by atoms with E-state index in [4.69, 9.17) is 4.74 Å². The molecule has 0 saturated carbocycles. The van der Waals surface area contributed by atoms with Crippen molar-refractivity contribution in [2.75, 3.05) is 25.7 Å². The fourth-order valence-corrected chi connectivity index (χ4v) is 8.84. The van der Waals surface area contributed by atoms with Gasteiger partial charge in [0.25, 0.3) is 5.70 Å². The molecule has 0 aliphatic carbocycles. The standard InChI is InChI=1S/C12H26N3O4PS2/c1-6-7-8-21-20(17,15-10(2)3)22-9-11(14-18-5)19-12(16)13-4/h10H,6-9H2,1-5H3,(H,13,16)(H,15,17). The van der Waals surface area contributed by atoms with Crippen molar-refractivity contribution in [1.29, 1.82) is 0 Å². The Hall–Kier alpha value is -0.370. The summed E-state index contributed by atoms with van der Waals surface area (Å²) in [6.07, 6.45) is 1.42. The van der Waals surface area contributed by atoms with Crippen molar-refractivity contribution in [2.45, 2.75) is 39.7 Å². The summed E-state index contributed by atoms with van der Waals surface area (Å²) in [5, 5.41) is 9.08. The number of alkyl carbamates (subject to hydrolysis) is 1. The van der Waals surface area contributed by atoms with Crippen LogP contribution in [0.15, 0.2) is 5.16 Å². The van der Waals surface area contributed by atoms with E-state index in [1.807, 2.05) is 13.8 Å². The van der Waals surface area contributed by atoms with Crippen molar-refractivity contribution in [3.63, 3.8) is 0 Å². The zero-order valence-corrected chi connectivity index (χ0v) is 16.3. The van der Waals surface area contributed by atoms with Crippen molar-refractivity contribution < 1.29 is 18.9 Å². The number of nitrogens with one attached hydrogen (secondary N) is 2. The van der Waals surface area contributed by atoms with Crippen LogP contribution >= 0.6 is 28.5 Å². The molecule has 0 radical (unpaired) electrons. The third kappa shape index (κ3) is 10.4. The summed E-state index contributed by atoms with van der Waals surface area (Å²) in [4.78, 5) is 15.9. The molecule has 1 unspecified atom stereocenters. The van der Waals surface area contributed by atoms with Gasteiger partial charge in [0.1, 0.15) is 7.11 Å². The van der Waals surface area contributed by atoms with Crippen molar-refractivity contribution >= 4 is 40.5 Å². The first-order chi connectivity index (χ1) is 10.4. The summed E-state index contributed by atoms with van der Waals surface area (Å²) in [6, 6.07) is 0.0927. The normalized spacial score (nSPS) is 14.5. The number of carbonyl (C=O) groups is 1. The van der Waals surface area contributed by atoms with Crippen LogP contribution in [0.4, 0.5) is 4.79 Å². The quantitative estimate of drug-likeness (QED) is 0.199. The SMILES string of the molecule is CCCCSP(=O)(NC(C)C)SCC(=NOC)OC(=O)NC. The maximum atomic E-state index is 12.9. The molecule has 130 valence electrons. The largest absolute Gasteiger partial charge is 0.413 e. The minimum absolute atomic E-state index is 0.0775. The molecule has 1 amide bonds. The molecule has 0 saturated heterocycles. The zero-order chi connectivity index (χ0) is 17.0. The van der Waals surface area contributed by atoms with E-state index >= 15 is 0 Å². The first kappa shape index (κ1) is 21.6. The molecule has 0 aliphatic rings. The highest BCUT2D eigenvalue weighted by Gasteiger charge is 2.26. The van der Waals surface area contributed by atoms with E-state index in [1.54, 1.807) is 0 Å². The number of hydrogen-bond acceptors (Lipinski definition) is 7. The Bertz CT molecular complexity index is 408. The number of amides is 1. The molecule has 0 spiro atoms. The summed E-state index contributed by atoms with van der Waals surface area (Å²) < 4.78 is 17.9. The summed E-state index contributed by atoms with van der Waals surface area (Å²) in [5.74, 6) is 1.07. The minimum atomic E-state index is -2.70. The third-order valence-electron chi connectivity index (χ3n) is 2.14. The molecule has 1 atom stereocenters. The molecule has 0 aromatic heterocycles. The Morgan fingerprint density at radius 3 is 2.55 bits per heavy atom. The van der Waals surface area contributed by atoms with Crippen LogP contribution in [-0.4, -0.2) is 43.7 Å². The van der Waals surface area contributed by atoms with E-state index in [1.165, 1.54) is 36.9 Å². The maximum absolute atomic E-state index is 12.9. The smallest absolute Gasteiger partial charge is 0.396 e. The molecular weight excluding hydrogens is 345 g/mol. The van der Waals surface area contributed by atoms with E-state index in [2.05, 4.69) is 27.3 Å². The van der Waals surface area contributed by atoms with Crippen molar-refractivity contribution in [3.8, 4) is 0 Å².